The van der Waals surface area contributed by atoms with E-state index in [4.69, 9.17) is 5.73 Å². The van der Waals surface area contributed by atoms with E-state index in [2.05, 4.69) is 4.98 Å². The number of anilines is 1. The van der Waals surface area contributed by atoms with E-state index in [1.807, 2.05) is 35.8 Å². The molecule has 0 saturated heterocycles. The van der Waals surface area contributed by atoms with Crippen LogP contribution in [0.4, 0.5) is 5.82 Å². The van der Waals surface area contributed by atoms with Crippen LogP contribution in [0.15, 0.2) is 39.0 Å². The normalized spacial score (nSPS) is 11.2. The first kappa shape index (κ1) is 18.0. The zero-order valence-corrected chi connectivity index (χ0v) is 15.5. The van der Waals surface area contributed by atoms with Gasteiger partial charge in [-0.3, -0.25) is 18.7 Å². The summed E-state index contributed by atoms with van der Waals surface area (Å²) in [5.74, 6) is -0.549. The van der Waals surface area contributed by atoms with Crippen LogP contribution < -0.4 is 17.0 Å². The van der Waals surface area contributed by atoms with E-state index in [0.29, 0.717) is 11.7 Å². The Morgan fingerprint density at radius 1 is 1.19 bits per heavy atom. The third kappa shape index (κ3) is 2.84. The molecule has 0 spiro atoms. The molecule has 0 saturated carbocycles. The van der Waals surface area contributed by atoms with Crippen LogP contribution in [0.3, 0.4) is 0 Å². The summed E-state index contributed by atoms with van der Waals surface area (Å²) in [5, 5.41) is 0.697. The Hall–Kier alpha value is -2.81. The molecule has 2 heterocycles. The molecule has 0 aliphatic carbocycles. The molecule has 2 N–H and O–H groups in total. The van der Waals surface area contributed by atoms with Gasteiger partial charge in [-0.1, -0.05) is 23.9 Å². The van der Waals surface area contributed by atoms with Crippen LogP contribution in [0.1, 0.15) is 17.3 Å². The quantitative estimate of drug-likeness (QED) is 0.529. The van der Waals surface area contributed by atoms with E-state index in [0.717, 1.165) is 20.2 Å². The van der Waals surface area contributed by atoms with Crippen LogP contribution >= 0.6 is 11.8 Å². The Kier molecular flexibility index (Phi) is 4.73. The number of carbonyl (C=O) groups excluding carboxylic acids is 1. The van der Waals surface area contributed by atoms with Crippen LogP contribution in [0.5, 0.6) is 0 Å². The van der Waals surface area contributed by atoms with Crippen molar-refractivity contribution in [2.45, 2.75) is 18.6 Å². The molecule has 2 aromatic heterocycles. The number of nitrogens with zero attached hydrogens (tertiary/aromatic N) is 4. The number of rotatable bonds is 5. The molecule has 0 unspecified atom stereocenters. The summed E-state index contributed by atoms with van der Waals surface area (Å²) in [6.45, 7) is 2.71. The number of ketones is 1. The van der Waals surface area contributed by atoms with Gasteiger partial charge in [0.1, 0.15) is 11.4 Å². The third-order valence-electron chi connectivity index (χ3n) is 4.26. The van der Waals surface area contributed by atoms with Gasteiger partial charge < -0.3 is 10.3 Å². The standard InChI is InChI=1S/C17H19N5O3S/c1-4-22-11-8-6-5-7-10(11)19-16(22)26-9-12(23)13-14(18)20(2)17(25)21(3)15(13)24/h5-8H,4,9,18H2,1-3H3. The highest BCUT2D eigenvalue weighted by Gasteiger charge is 2.21. The molecule has 1 aromatic carbocycles. The Balaban J connectivity index is 1.94. The minimum atomic E-state index is -0.680. The number of imidazole rings is 1. The van der Waals surface area contributed by atoms with Crippen molar-refractivity contribution in [2.75, 3.05) is 11.5 Å². The zero-order chi connectivity index (χ0) is 19.0. The number of hydrogen-bond acceptors (Lipinski definition) is 6. The fraction of sp³-hybridized carbons (Fsp3) is 0.294. The van der Waals surface area contributed by atoms with Gasteiger partial charge in [-0.25, -0.2) is 9.78 Å². The lowest BCUT2D eigenvalue weighted by Crippen LogP contribution is -2.41. The number of fused-ring (bicyclic) bond motifs is 1. The van der Waals surface area contributed by atoms with Crippen LogP contribution in [-0.2, 0) is 20.6 Å². The van der Waals surface area contributed by atoms with Gasteiger partial charge in [-0.15, -0.1) is 0 Å². The number of benzene rings is 1. The Labute approximate surface area is 153 Å². The second-order valence-corrected chi connectivity index (χ2v) is 6.75. The number of Topliss-reactive ketones (excluding diaryl/α,β-unsaturated/α-hetero) is 1. The summed E-state index contributed by atoms with van der Waals surface area (Å²) in [5.41, 5.74) is 6.27. The number of nitrogens with two attached hydrogens (primary N) is 1. The first-order chi connectivity index (χ1) is 12.4. The summed E-state index contributed by atoms with van der Waals surface area (Å²) < 4.78 is 3.99. The van der Waals surface area contributed by atoms with Crippen molar-refractivity contribution >= 4 is 34.4 Å². The van der Waals surface area contributed by atoms with Crippen molar-refractivity contribution in [3.05, 3.63) is 50.7 Å². The molecule has 0 amide bonds. The summed E-state index contributed by atoms with van der Waals surface area (Å²) >= 11 is 1.24. The fourth-order valence-electron chi connectivity index (χ4n) is 2.79. The van der Waals surface area contributed by atoms with Crippen molar-refractivity contribution in [1.82, 2.24) is 18.7 Å². The molecule has 136 valence electrons. The van der Waals surface area contributed by atoms with E-state index in [-0.39, 0.29) is 17.1 Å². The lowest BCUT2D eigenvalue weighted by atomic mass is 10.2. The number of aromatic nitrogens is 4. The van der Waals surface area contributed by atoms with Crippen molar-refractivity contribution in [3.8, 4) is 0 Å². The maximum absolute atomic E-state index is 12.6. The number of carbonyl (C=O) groups is 1. The molecule has 0 bridgehead atoms. The molecule has 0 aliphatic heterocycles. The zero-order valence-electron chi connectivity index (χ0n) is 14.7. The molecule has 3 rings (SSSR count). The van der Waals surface area contributed by atoms with Crippen molar-refractivity contribution in [3.63, 3.8) is 0 Å². The lowest BCUT2D eigenvalue weighted by Gasteiger charge is -2.10. The highest BCUT2D eigenvalue weighted by atomic mass is 32.2. The predicted octanol–water partition coefficient (Wildman–Crippen LogP) is 1.01. The largest absolute Gasteiger partial charge is 0.384 e. The average Bonchev–Trinajstić information content (AvgIpc) is 3.00. The molecular formula is C17H19N5O3S. The monoisotopic (exact) mass is 373 g/mol. The summed E-state index contributed by atoms with van der Waals surface area (Å²) in [7, 11) is 2.75. The molecule has 26 heavy (non-hydrogen) atoms. The average molecular weight is 373 g/mol. The van der Waals surface area contributed by atoms with Gasteiger partial charge >= 0.3 is 5.69 Å². The molecule has 0 radical (unpaired) electrons. The maximum atomic E-state index is 12.6. The summed E-state index contributed by atoms with van der Waals surface area (Å²) in [4.78, 5) is 41.3. The van der Waals surface area contributed by atoms with Crippen LogP contribution in [0.2, 0.25) is 0 Å². The van der Waals surface area contributed by atoms with Gasteiger partial charge in [0.05, 0.1) is 16.8 Å². The smallest absolute Gasteiger partial charge is 0.332 e. The first-order valence-corrected chi connectivity index (χ1v) is 9.02. The van der Waals surface area contributed by atoms with Crippen molar-refractivity contribution < 1.29 is 4.79 Å². The summed E-state index contributed by atoms with van der Waals surface area (Å²) in [6.07, 6.45) is 0. The molecule has 9 heteroatoms. The van der Waals surface area contributed by atoms with Crippen molar-refractivity contribution in [1.29, 1.82) is 0 Å². The van der Waals surface area contributed by atoms with Crippen LogP contribution in [0.25, 0.3) is 11.0 Å². The van der Waals surface area contributed by atoms with Gasteiger partial charge in [0.15, 0.2) is 10.9 Å². The summed E-state index contributed by atoms with van der Waals surface area (Å²) in [6, 6.07) is 7.72. The highest BCUT2D eigenvalue weighted by molar-refractivity contribution is 7.99. The van der Waals surface area contributed by atoms with E-state index in [1.54, 1.807) is 0 Å². The van der Waals surface area contributed by atoms with E-state index in [9.17, 15) is 14.4 Å². The minimum absolute atomic E-state index is 0.000958. The Morgan fingerprint density at radius 3 is 2.58 bits per heavy atom. The van der Waals surface area contributed by atoms with Crippen LogP contribution in [-0.4, -0.2) is 30.2 Å². The minimum Gasteiger partial charge on any atom is -0.384 e. The number of para-hydroxylation sites is 2. The first-order valence-electron chi connectivity index (χ1n) is 8.03. The van der Waals surface area contributed by atoms with E-state index in [1.165, 1.54) is 25.9 Å². The fourth-order valence-corrected chi connectivity index (χ4v) is 3.74. The lowest BCUT2D eigenvalue weighted by molar-refractivity contribution is 0.102. The second-order valence-electron chi connectivity index (χ2n) is 5.81. The molecule has 3 aromatic rings. The number of aryl methyl sites for hydroxylation is 1. The Morgan fingerprint density at radius 2 is 1.88 bits per heavy atom. The van der Waals surface area contributed by atoms with E-state index >= 15 is 0 Å². The number of thioether (sulfide) groups is 1. The van der Waals surface area contributed by atoms with Gasteiger partial charge in [0.25, 0.3) is 5.56 Å². The maximum Gasteiger partial charge on any atom is 0.332 e. The number of nitrogen functional groups attached to an aromatic ring is 1. The highest BCUT2D eigenvalue weighted by Crippen LogP contribution is 2.24. The predicted molar refractivity (Wildman–Crippen MR) is 102 cm³/mol. The third-order valence-corrected chi connectivity index (χ3v) is 5.23. The molecular weight excluding hydrogens is 354 g/mol. The van der Waals surface area contributed by atoms with Crippen LogP contribution in [0, 0.1) is 0 Å². The second kappa shape index (κ2) is 6.83. The van der Waals surface area contributed by atoms with Crippen molar-refractivity contribution in [2.24, 2.45) is 14.1 Å². The topological polar surface area (TPSA) is 105 Å². The molecule has 0 atom stereocenters. The Bertz CT molecular complexity index is 1130. The molecule has 0 aliphatic rings. The van der Waals surface area contributed by atoms with Gasteiger partial charge in [0.2, 0.25) is 0 Å². The SMILES string of the molecule is CCn1c(SCC(=O)c2c(N)n(C)c(=O)n(C)c2=O)nc2ccccc21. The van der Waals surface area contributed by atoms with Gasteiger partial charge in [0, 0.05) is 20.6 Å². The molecule has 8 nitrogen and oxygen atoms in total. The van der Waals surface area contributed by atoms with Gasteiger partial charge in [-0.2, -0.15) is 0 Å². The molecule has 0 fully saturated rings. The van der Waals surface area contributed by atoms with E-state index < -0.39 is 17.0 Å². The van der Waals surface area contributed by atoms with Gasteiger partial charge in [-0.05, 0) is 19.1 Å². The number of hydrogen-bond donors (Lipinski definition) is 1.